The SMILES string of the molecule is CC(=O)SCC(Cc1ccccc1)C(=O)N[C@@H](C)C(=O)O. The summed E-state index contributed by atoms with van der Waals surface area (Å²) < 4.78 is 0. The number of benzene rings is 1. The highest BCUT2D eigenvalue weighted by molar-refractivity contribution is 8.13. The van der Waals surface area contributed by atoms with Gasteiger partial charge in [-0.15, -0.1) is 0 Å². The van der Waals surface area contributed by atoms with Gasteiger partial charge < -0.3 is 10.4 Å². The van der Waals surface area contributed by atoms with Crippen molar-refractivity contribution >= 4 is 28.8 Å². The van der Waals surface area contributed by atoms with E-state index >= 15 is 0 Å². The highest BCUT2D eigenvalue weighted by Crippen LogP contribution is 2.16. The van der Waals surface area contributed by atoms with Crippen molar-refractivity contribution < 1.29 is 19.5 Å². The normalized spacial score (nSPS) is 13.2. The summed E-state index contributed by atoms with van der Waals surface area (Å²) >= 11 is 1.08. The molecule has 1 aromatic rings. The monoisotopic (exact) mass is 309 g/mol. The third-order valence-electron chi connectivity index (χ3n) is 2.91. The minimum atomic E-state index is -1.08. The van der Waals surface area contributed by atoms with E-state index in [1.54, 1.807) is 0 Å². The van der Waals surface area contributed by atoms with Crippen molar-refractivity contribution in [3.63, 3.8) is 0 Å². The Hall–Kier alpha value is -1.82. The van der Waals surface area contributed by atoms with Crippen molar-refractivity contribution in [3.8, 4) is 0 Å². The average Bonchev–Trinajstić information content (AvgIpc) is 2.44. The van der Waals surface area contributed by atoms with Crippen molar-refractivity contribution in [2.45, 2.75) is 26.3 Å². The Morgan fingerprint density at radius 2 is 1.86 bits per heavy atom. The van der Waals surface area contributed by atoms with E-state index in [1.165, 1.54) is 13.8 Å². The van der Waals surface area contributed by atoms with Crippen LogP contribution in [0, 0.1) is 5.92 Å². The average molecular weight is 309 g/mol. The van der Waals surface area contributed by atoms with Gasteiger partial charge in [0.25, 0.3) is 0 Å². The summed E-state index contributed by atoms with van der Waals surface area (Å²) in [5.74, 6) is -1.53. The molecule has 0 aliphatic carbocycles. The predicted octanol–water partition coefficient (Wildman–Crippen LogP) is 1.71. The second kappa shape index (κ2) is 8.46. The topological polar surface area (TPSA) is 83.5 Å². The van der Waals surface area contributed by atoms with Crippen LogP contribution in [0.15, 0.2) is 30.3 Å². The number of nitrogens with one attached hydrogen (secondary N) is 1. The summed E-state index contributed by atoms with van der Waals surface area (Å²) in [6.45, 7) is 2.86. The van der Waals surface area contributed by atoms with Crippen molar-refractivity contribution in [2.24, 2.45) is 5.92 Å². The highest BCUT2D eigenvalue weighted by atomic mass is 32.2. The largest absolute Gasteiger partial charge is 0.480 e. The first kappa shape index (κ1) is 17.2. The molecule has 1 unspecified atom stereocenters. The Morgan fingerprint density at radius 1 is 1.24 bits per heavy atom. The van der Waals surface area contributed by atoms with Gasteiger partial charge in [-0.25, -0.2) is 0 Å². The van der Waals surface area contributed by atoms with Crippen LogP contribution in [0.5, 0.6) is 0 Å². The van der Waals surface area contributed by atoms with Crippen LogP contribution in [-0.4, -0.2) is 33.9 Å². The van der Waals surface area contributed by atoms with E-state index in [0.29, 0.717) is 12.2 Å². The number of amides is 1. The molecule has 0 saturated carbocycles. The van der Waals surface area contributed by atoms with Crippen LogP contribution in [0.25, 0.3) is 0 Å². The quantitative estimate of drug-likeness (QED) is 0.801. The van der Waals surface area contributed by atoms with Gasteiger partial charge in [-0.05, 0) is 18.9 Å². The maximum absolute atomic E-state index is 12.2. The van der Waals surface area contributed by atoms with Gasteiger partial charge >= 0.3 is 5.97 Å². The molecule has 0 aliphatic heterocycles. The molecule has 0 saturated heterocycles. The summed E-state index contributed by atoms with van der Waals surface area (Å²) in [5.41, 5.74) is 0.977. The third-order valence-corrected chi connectivity index (χ3v) is 3.89. The van der Waals surface area contributed by atoms with E-state index in [9.17, 15) is 14.4 Å². The first-order valence-electron chi connectivity index (χ1n) is 6.60. The number of carboxylic acids is 1. The first-order chi connectivity index (χ1) is 9.90. The Morgan fingerprint density at radius 3 is 2.38 bits per heavy atom. The molecule has 1 rings (SSSR count). The van der Waals surface area contributed by atoms with Gasteiger partial charge in [0.2, 0.25) is 5.91 Å². The summed E-state index contributed by atoms with van der Waals surface area (Å²) in [5, 5.41) is 11.2. The lowest BCUT2D eigenvalue weighted by Gasteiger charge is -2.18. The molecule has 5 nitrogen and oxygen atoms in total. The molecule has 0 radical (unpaired) electrons. The molecule has 2 N–H and O–H groups in total. The van der Waals surface area contributed by atoms with E-state index in [4.69, 9.17) is 5.11 Å². The summed E-state index contributed by atoms with van der Waals surface area (Å²) in [7, 11) is 0. The van der Waals surface area contributed by atoms with E-state index in [0.717, 1.165) is 17.3 Å². The Balaban J connectivity index is 2.73. The van der Waals surface area contributed by atoms with Gasteiger partial charge in [0.05, 0.1) is 5.92 Å². The van der Waals surface area contributed by atoms with Crippen molar-refractivity contribution in [1.82, 2.24) is 5.32 Å². The Bertz CT molecular complexity index is 504. The fraction of sp³-hybridized carbons (Fsp3) is 0.400. The van der Waals surface area contributed by atoms with E-state index < -0.39 is 17.9 Å². The third kappa shape index (κ3) is 6.44. The highest BCUT2D eigenvalue weighted by Gasteiger charge is 2.23. The Labute approximate surface area is 128 Å². The zero-order valence-corrected chi connectivity index (χ0v) is 12.9. The predicted molar refractivity (Wildman–Crippen MR) is 82.0 cm³/mol. The number of carbonyl (C=O) groups excluding carboxylic acids is 2. The molecule has 1 aromatic carbocycles. The number of carbonyl (C=O) groups is 3. The van der Waals surface area contributed by atoms with Crippen molar-refractivity contribution in [2.75, 3.05) is 5.75 Å². The second-order valence-corrected chi connectivity index (χ2v) is 5.95. The maximum Gasteiger partial charge on any atom is 0.325 e. The fourth-order valence-corrected chi connectivity index (χ4v) is 2.44. The first-order valence-corrected chi connectivity index (χ1v) is 7.59. The lowest BCUT2D eigenvalue weighted by Crippen LogP contribution is -2.43. The molecule has 21 heavy (non-hydrogen) atoms. The van der Waals surface area contributed by atoms with Crippen LogP contribution in [0.2, 0.25) is 0 Å². The molecule has 0 heterocycles. The minimum absolute atomic E-state index is 0.0628. The number of hydrogen-bond acceptors (Lipinski definition) is 4. The van der Waals surface area contributed by atoms with Gasteiger partial charge in [-0.2, -0.15) is 0 Å². The van der Waals surface area contributed by atoms with E-state index in [1.807, 2.05) is 30.3 Å². The van der Waals surface area contributed by atoms with Gasteiger partial charge in [-0.3, -0.25) is 14.4 Å². The van der Waals surface area contributed by atoms with Crippen LogP contribution in [-0.2, 0) is 20.8 Å². The van der Waals surface area contributed by atoms with Gasteiger partial charge in [0.15, 0.2) is 5.12 Å². The number of thioether (sulfide) groups is 1. The molecule has 1 amide bonds. The number of carboxylic acid groups (broad SMARTS) is 1. The lowest BCUT2D eigenvalue weighted by molar-refractivity contribution is -0.141. The molecule has 0 spiro atoms. The summed E-state index contributed by atoms with van der Waals surface area (Å²) in [4.78, 5) is 34.1. The van der Waals surface area contributed by atoms with Crippen LogP contribution in [0.3, 0.4) is 0 Å². The zero-order chi connectivity index (χ0) is 15.8. The number of hydrogen-bond donors (Lipinski definition) is 2. The summed E-state index contributed by atoms with van der Waals surface area (Å²) in [6.07, 6.45) is 0.472. The molecular weight excluding hydrogens is 290 g/mol. The minimum Gasteiger partial charge on any atom is -0.480 e. The number of rotatable bonds is 7. The van der Waals surface area contributed by atoms with Crippen molar-refractivity contribution in [1.29, 1.82) is 0 Å². The standard InChI is InChI=1S/C15H19NO4S/c1-10(15(19)20)16-14(18)13(9-21-11(2)17)8-12-6-4-3-5-7-12/h3-7,10,13H,8-9H2,1-2H3,(H,16,18)(H,19,20)/t10-,13?/m0/s1. The van der Waals surface area contributed by atoms with Crippen LogP contribution >= 0.6 is 11.8 Å². The van der Waals surface area contributed by atoms with Crippen LogP contribution in [0.4, 0.5) is 0 Å². The molecule has 0 aliphatic rings. The molecule has 114 valence electrons. The van der Waals surface area contributed by atoms with Crippen LogP contribution < -0.4 is 5.32 Å². The maximum atomic E-state index is 12.2. The molecule has 6 heteroatoms. The second-order valence-electron chi connectivity index (χ2n) is 4.76. The molecular formula is C15H19NO4S. The van der Waals surface area contributed by atoms with Gasteiger partial charge in [0.1, 0.15) is 6.04 Å². The zero-order valence-electron chi connectivity index (χ0n) is 12.0. The Kier molecular flexibility index (Phi) is 6.94. The molecule has 0 fully saturated rings. The molecule has 2 atom stereocenters. The van der Waals surface area contributed by atoms with E-state index in [-0.39, 0.29) is 11.0 Å². The van der Waals surface area contributed by atoms with E-state index in [2.05, 4.69) is 5.32 Å². The molecule has 0 bridgehead atoms. The molecule has 0 aromatic heterocycles. The van der Waals surface area contributed by atoms with Crippen LogP contribution in [0.1, 0.15) is 19.4 Å². The van der Waals surface area contributed by atoms with Gasteiger partial charge in [0, 0.05) is 12.7 Å². The fourth-order valence-electron chi connectivity index (χ4n) is 1.74. The van der Waals surface area contributed by atoms with Gasteiger partial charge in [-0.1, -0.05) is 42.1 Å². The summed E-state index contributed by atoms with van der Waals surface area (Å²) in [6, 6.07) is 8.50. The van der Waals surface area contributed by atoms with Crippen molar-refractivity contribution in [3.05, 3.63) is 35.9 Å². The lowest BCUT2D eigenvalue weighted by atomic mass is 10.00. The smallest absolute Gasteiger partial charge is 0.325 e. The number of aliphatic carboxylic acids is 1.